The Bertz CT molecular complexity index is 1200. The molecule has 1 heterocycles. The molecule has 0 aliphatic heterocycles. The Kier molecular flexibility index (Phi) is 4.50. The van der Waals surface area contributed by atoms with Crippen molar-refractivity contribution in [1.29, 1.82) is 0 Å². The number of aromatic nitrogens is 1. The number of carbonyl (C=O) groups excluding carboxylic acids is 1. The summed E-state index contributed by atoms with van der Waals surface area (Å²) in [6.45, 7) is 4.18. The maximum Gasteiger partial charge on any atom is 0.279 e. The van der Waals surface area contributed by atoms with Gasteiger partial charge in [-0.2, -0.15) is 4.99 Å². The molecule has 0 aliphatic carbocycles. The Balaban J connectivity index is 1.70. The van der Waals surface area contributed by atoms with Crippen molar-refractivity contribution < 1.29 is 4.79 Å². The number of carbonyl (C=O) groups is 1. The number of hydrogen-bond acceptors (Lipinski definition) is 2. The fourth-order valence-electron chi connectivity index (χ4n) is 3.38. The molecule has 3 nitrogen and oxygen atoms in total. The van der Waals surface area contributed by atoms with Crippen LogP contribution in [0.25, 0.3) is 21.3 Å². The molecule has 0 saturated heterocycles. The second-order valence-electron chi connectivity index (χ2n) is 6.73. The van der Waals surface area contributed by atoms with E-state index < -0.39 is 0 Å². The van der Waals surface area contributed by atoms with Gasteiger partial charge in [0.2, 0.25) is 0 Å². The van der Waals surface area contributed by atoms with Gasteiger partial charge < -0.3 is 4.57 Å². The number of benzene rings is 3. The average molecular weight is 372 g/mol. The second-order valence-corrected chi connectivity index (χ2v) is 7.74. The summed E-state index contributed by atoms with van der Waals surface area (Å²) >= 11 is 1.55. The molecule has 0 spiro atoms. The van der Waals surface area contributed by atoms with Gasteiger partial charge in [0, 0.05) is 12.6 Å². The van der Waals surface area contributed by atoms with E-state index in [0.29, 0.717) is 5.56 Å². The van der Waals surface area contributed by atoms with Gasteiger partial charge in [-0.1, -0.05) is 59.9 Å². The molecule has 0 bridgehead atoms. The molecule has 0 fully saturated rings. The molecule has 4 aromatic rings. The number of amides is 1. The summed E-state index contributed by atoms with van der Waals surface area (Å²) in [7, 11) is 1.96. The minimum absolute atomic E-state index is 0.217. The highest BCUT2D eigenvalue weighted by Gasteiger charge is 2.09. The number of hydrogen-bond donors (Lipinski definition) is 0. The Labute approximate surface area is 162 Å². The molecule has 0 aliphatic rings. The van der Waals surface area contributed by atoms with Gasteiger partial charge in [0.1, 0.15) is 0 Å². The summed E-state index contributed by atoms with van der Waals surface area (Å²) in [5.74, 6) is -0.217. The van der Waals surface area contributed by atoms with Gasteiger partial charge in [0.25, 0.3) is 5.91 Å². The summed E-state index contributed by atoms with van der Waals surface area (Å²) in [5, 5.41) is 0. The topological polar surface area (TPSA) is 34.4 Å². The van der Waals surface area contributed by atoms with Crippen molar-refractivity contribution in [2.24, 2.45) is 12.0 Å². The van der Waals surface area contributed by atoms with Gasteiger partial charge in [-0.05, 0) is 54.3 Å². The average Bonchev–Trinajstić information content (AvgIpc) is 2.98. The minimum atomic E-state index is -0.217. The molecule has 27 heavy (non-hydrogen) atoms. The number of fused-ring (bicyclic) bond motifs is 1. The van der Waals surface area contributed by atoms with Crippen molar-refractivity contribution in [3.05, 3.63) is 88.2 Å². The first-order valence-electron chi connectivity index (χ1n) is 8.84. The monoisotopic (exact) mass is 372 g/mol. The molecule has 0 N–H and O–H groups in total. The quantitative estimate of drug-likeness (QED) is 0.472. The predicted molar refractivity (Wildman–Crippen MR) is 112 cm³/mol. The molecule has 4 heteroatoms. The van der Waals surface area contributed by atoms with Crippen LogP contribution in [0, 0.1) is 13.8 Å². The SMILES string of the molecule is Cc1cc(C)c2c(c1)sc(=NC(=O)c1ccc(-c3ccccc3)cc1)n2C. The van der Waals surface area contributed by atoms with Gasteiger partial charge >= 0.3 is 0 Å². The van der Waals surface area contributed by atoms with E-state index in [1.54, 1.807) is 11.3 Å². The largest absolute Gasteiger partial charge is 0.319 e. The van der Waals surface area contributed by atoms with Crippen molar-refractivity contribution in [3.63, 3.8) is 0 Å². The van der Waals surface area contributed by atoms with E-state index in [9.17, 15) is 4.79 Å². The van der Waals surface area contributed by atoms with Crippen LogP contribution in [-0.2, 0) is 7.05 Å². The van der Waals surface area contributed by atoms with E-state index in [2.05, 4.69) is 43.1 Å². The summed E-state index contributed by atoms with van der Waals surface area (Å²) in [5.41, 5.74) is 6.37. The Morgan fingerprint density at radius 3 is 2.30 bits per heavy atom. The fraction of sp³-hybridized carbons (Fsp3) is 0.130. The van der Waals surface area contributed by atoms with Crippen LogP contribution >= 0.6 is 11.3 Å². The van der Waals surface area contributed by atoms with Gasteiger partial charge in [0.15, 0.2) is 4.80 Å². The van der Waals surface area contributed by atoms with Crippen LogP contribution < -0.4 is 4.80 Å². The van der Waals surface area contributed by atoms with Crippen molar-refractivity contribution >= 4 is 27.5 Å². The van der Waals surface area contributed by atoms with Crippen LogP contribution in [0.3, 0.4) is 0 Å². The number of rotatable bonds is 2. The molecule has 0 unspecified atom stereocenters. The third-order valence-electron chi connectivity index (χ3n) is 4.67. The predicted octanol–water partition coefficient (Wildman–Crippen LogP) is 5.26. The van der Waals surface area contributed by atoms with E-state index in [0.717, 1.165) is 26.1 Å². The normalized spacial score (nSPS) is 11.9. The molecule has 0 atom stereocenters. The molecular formula is C23H20N2OS. The lowest BCUT2D eigenvalue weighted by molar-refractivity contribution is 0.0998. The fourth-order valence-corrected chi connectivity index (χ4v) is 4.57. The van der Waals surface area contributed by atoms with E-state index in [1.807, 2.05) is 54.1 Å². The zero-order chi connectivity index (χ0) is 19.0. The molecule has 0 saturated carbocycles. The highest BCUT2D eigenvalue weighted by molar-refractivity contribution is 7.16. The second kappa shape index (κ2) is 6.97. The summed E-state index contributed by atoms with van der Waals surface area (Å²) in [6, 6.07) is 22.1. The Hall–Kier alpha value is -2.98. The summed E-state index contributed by atoms with van der Waals surface area (Å²) in [6.07, 6.45) is 0. The van der Waals surface area contributed by atoms with Gasteiger partial charge in [-0.3, -0.25) is 4.79 Å². The Morgan fingerprint density at radius 2 is 1.59 bits per heavy atom. The van der Waals surface area contributed by atoms with Crippen LogP contribution in [0.15, 0.2) is 71.7 Å². The lowest BCUT2D eigenvalue weighted by atomic mass is 10.0. The first kappa shape index (κ1) is 17.4. The third-order valence-corrected chi connectivity index (χ3v) is 5.75. The van der Waals surface area contributed by atoms with Crippen LogP contribution in [0.4, 0.5) is 0 Å². The number of nitrogens with zero attached hydrogens (tertiary/aromatic N) is 2. The smallest absolute Gasteiger partial charge is 0.279 e. The van der Waals surface area contributed by atoms with E-state index >= 15 is 0 Å². The molecule has 0 radical (unpaired) electrons. The van der Waals surface area contributed by atoms with E-state index in [4.69, 9.17) is 0 Å². The van der Waals surface area contributed by atoms with Gasteiger partial charge in [-0.15, -0.1) is 0 Å². The van der Waals surface area contributed by atoms with Crippen LogP contribution in [0.5, 0.6) is 0 Å². The highest BCUT2D eigenvalue weighted by Crippen LogP contribution is 2.23. The van der Waals surface area contributed by atoms with Crippen molar-refractivity contribution in [3.8, 4) is 11.1 Å². The van der Waals surface area contributed by atoms with E-state index in [-0.39, 0.29) is 5.91 Å². The zero-order valence-corrected chi connectivity index (χ0v) is 16.4. The summed E-state index contributed by atoms with van der Waals surface area (Å²) in [4.78, 5) is 17.8. The van der Waals surface area contributed by atoms with Crippen LogP contribution in [0.1, 0.15) is 21.5 Å². The number of thiazole rings is 1. The van der Waals surface area contributed by atoms with Gasteiger partial charge in [-0.25, -0.2) is 0 Å². The Morgan fingerprint density at radius 1 is 0.926 bits per heavy atom. The highest BCUT2D eigenvalue weighted by atomic mass is 32.1. The lowest BCUT2D eigenvalue weighted by Gasteiger charge is -2.02. The standard InChI is InChI=1S/C23H20N2OS/c1-15-13-16(2)21-20(14-15)27-23(25(21)3)24-22(26)19-11-9-18(10-12-19)17-7-5-4-6-8-17/h4-14H,1-3H3. The molecular weight excluding hydrogens is 352 g/mol. The third kappa shape index (κ3) is 3.36. The minimum Gasteiger partial charge on any atom is -0.319 e. The molecule has 134 valence electrons. The molecule has 1 aromatic heterocycles. The first-order chi connectivity index (χ1) is 13.0. The van der Waals surface area contributed by atoms with Crippen LogP contribution in [-0.4, -0.2) is 10.5 Å². The van der Waals surface area contributed by atoms with Crippen molar-refractivity contribution in [1.82, 2.24) is 4.57 Å². The lowest BCUT2D eigenvalue weighted by Crippen LogP contribution is -2.13. The summed E-state index contributed by atoms with van der Waals surface area (Å²) < 4.78 is 3.16. The molecule has 4 rings (SSSR count). The number of aryl methyl sites for hydroxylation is 3. The van der Waals surface area contributed by atoms with Crippen molar-refractivity contribution in [2.75, 3.05) is 0 Å². The first-order valence-corrected chi connectivity index (χ1v) is 9.66. The maximum absolute atomic E-state index is 12.7. The molecule has 1 amide bonds. The van der Waals surface area contributed by atoms with Crippen molar-refractivity contribution in [2.45, 2.75) is 13.8 Å². The van der Waals surface area contributed by atoms with E-state index in [1.165, 1.54) is 11.1 Å². The maximum atomic E-state index is 12.7. The zero-order valence-electron chi connectivity index (χ0n) is 15.6. The van der Waals surface area contributed by atoms with Gasteiger partial charge in [0.05, 0.1) is 10.2 Å². The molecule has 3 aromatic carbocycles. The van der Waals surface area contributed by atoms with Crippen LogP contribution in [0.2, 0.25) is 0 Å².